The van der Waals surface area contributed by atoms with E-state index in [1.807, 2.05) is 24.3 Å². The number of aryl methyl sites for hydroxylation is 1. The van der Waals surface area contributed by atoms with Crippen LogP contribution in [0.1, 0.15) is 97.2 Å². The molecule has 1 aliphatic carbocycles. The number of nitrogens with zero attached hydrogens (tertiary/aromatic N) is 4. The minimum Gasteiger partial charge on any atom is -0.489 e. The fourth-order valence-corrected chi connectivity index (χ4v) is 9.67. The van der Waals surface area contributed by atoms with Crippen molar-refractivity contribution >= 4 is 40.9 Å². The average molecular weight is 779 g/mol. The molecule has 3 aromatic rings. The highest BCUT2D eigenvalue weighted by Crippen LogP contribution is 2.55. The lowest BCUT2D eigenvalue weighted by Crippen LogP contribution is -2.74. The van der Waals surface area contributed by atoms with E-state index in [9.17, 15) is 24.4 Å². The van der Waals surface area contributed by atoms with Gasteiger partial charge in [-0.25, -0.2) is 0 Å². The van der Waals surface area contributed by atoms with E-state index < -0.39 is 6.04 Å². The van der Waals surface area contributed by atoms with Crippen LogP contribution < -0.4 is 20.3 Å². The Hall–Kier alpha value is -4.92. The van der Waals surface area contributed by atoms with Crippen LogP contribution in [0.3, 0.4) is 0 Å². The van der Waals surface area contributed by atoms with Gasteiger partial charge in [0.2, 0.25) is 11.8 Å². The predicted octanol–water partition coefficient (Wildman–Crippen LogP) is 6.12. The number of hydrogen-bond acceptors (Lipinski definition) is 8. The number of carbonyl (C=O) groups is 4. The van der Waals surface area contributed by atoms with Gasteiger partial charge in [-0.05, 0) is 85.8 Å². The number of rotatable bonds is 12. The van der Waals surface area contributed by atoms with Gasteiger partial charge in [0.1, 0.15) is 24.0 Å². The number of nitriles is 1. The molecule has 3 fully saturated rings. The molecular weight excluding hydrogens is 728 g/mol. The van der Waals surface area contributed by atoms with Gasteiger partial charge in [0.15, 0.2) is 0 Å². The minimum atomic E-state index is -0.599. The highest BCUT2D eigenvalue weighted by atomic mass is 35.5. The van der Waals surface area contributed by atoms with Crippen molar-refractivity contribution in [3.8, 4) is 11.8 Å². The van der Waals surface area contributed by atoms with E-state index in [1.165, 1.54) is 5.56 Å². The number of unbranched alkanes of at least 4 members (excludes halogenated alkanes) is 2. The summed E-state index contributed by atoms with van der Waals surface area (Å²) >= 11 is 6.24. The molecule has 3 heterocycles. The molecule has 1 saturated carbocycles. The van der Waals surface area contributed by atoms with Gasteiger partial charge < -0.3 is 19.9 Å². The smallest absolute Gasteiger partial charge is 0.255 e. The molecule has 11 nitrogen and oxygen atoms in total. The number of piperazine rings is 1. The number of nitrogens with one attached hydrogen (secondary N) is 2. The fourth-order valence-electron chi connectivity index (χ4n) is 9.46. The van der Waals surface area contributed by atoms with Gasteiger partial charge in [0, 0.05) is 78.9 Å². The second kappa shape index (κ2) is 15.9. The first-order chi connectivity index (χ1) is 26.8. The third-order valence-corrected chi connectivity index (χ3v) is 12.6. The van der Waals surface area contributed by atoms with Crippen molar-refractivity contribution in [3.63, 3.8) is 0 Å². The maximum Gasteiger partial charge on any atom is 0.255 e. The standard InChI is InChI=1S/C44H51ClN6O5/c1-43(2)41(44(3,4)42(43)56-33-15-13-30(26-46)35(45)25-33)48-38(53)29-11-9-28(10-12-29)8-6-5-7-19-49-20-22-50(23-21-49)32-14-16-34-31(24-32)27-51(40(34)55)36-17-18-37(52)47-39(36)54/h9-16,24-25,36,41-42H,5-8,17-23,27H2,1-4H3,(H,48,53)(H,47,52,54)/t36-,41?,42?/m1/s1. The van der Waals surface area contributed by atoms with Gasteiger partial charge >= 0.3 is 0 Å². The summed E-state index contributed by atoms with van der Waals surface area (Å²) < 4.78 is 6.37. The summed E-state index contributed by atoms with van der Waals surface area (Å²) in [6, 6.07) is 20.4. The second-order valence-electron chi connectivity index (χ2n) is 16.9. The number of anilines is 1. The molecule has 0 unspecified atom stereocenters. The number of benzene rings is 3. The van der Waals surface area contributed by atoms with Crippen LogP contribution in [0.4, 0.5) is 5.69 Å². The maximum atomic E-state index is 13.4. The van der Waals surface area contributed by atoms with Crippen molar-refractivity contribution < 1.29 is 23.9 Å². The summed E-state index contributed by atoms with van der Waals surface area (Å²) in [6.07, 6.45) is 4.78. The molecule has 0 aromatic heterocycles. The Balaban J connectivity index is 0.810. The normalized spacial score (nSPS) is 22.9. The number of ether oxygens (including phenoxy) is 1. The van der Waals surface area contributed by atoms with Gasteiger partial charge in [0.05, 0.1) is 10.6 Å². The lowest BCUT2D eigenvalue weighted by atomic mass is 9.49. The average Bonchev–Trinajstić information content (AvgIpc) is 3.50. The zero-order valence-electron chi connectivity index (χ0n) is 32.7. The molecule has 7 rings (SSSR count). The largest absolute Gasteiger partial charge is 0.489 e. The monoisotopic (exact) mass is 778 g/mol. The highest BCUT2D eigenvalue weighted by Gasteiger charge is 2.64. The van der Waals surface area contributed by atoms with Gasteiger partial charge in [-0.2, -0.15) is 5.26 Å². The molecule has 294 valence electrons. The van der Waals surface area contributed by atoms with Crippen molar-refractivity contribution in [1.29, 1.82) is 5.26 Å². The fraction of sp³-hybridized carbons (Fsp3) is 0.477. The number of halogens is 1. The van der Waals surface area contributed by atoms with Crippen molar-refractivity contribution in [3.05, 3.63) is 93.5 Å². The molecule has 3 aromatic carbocycles. The molecule has 4 aliphatic rings. The molecule has 0 radical (unpaired) electrons. The second-order valence-corrected chi connectivity index (χ2v) is 17.3. The third kappa shape index (κ3) is 7.87. The predicted molar refractivity (Wildman–Crippen MR) is 215 cm³/mol. The Labute approximate surface area is 334 Å². The third-order valence-electron chi connectivity index (χ3n) is 12.3. The van der Waals surface area contributed by atoms with E-state index in [1.54, 1.807) is 23.1 Å². The van der Waals surface area contributed by atoms with E-state index in [4.69, 9.17) is 16.3 Å². The lowest BCUT2D eigenvalue weighted by Gasteiger charge is -2.63. The van der Waals surface area contributed by atoms with E-state index in [0.29, 0.717) is 40.4 Å². The zero-order valence-corrected chi connectivity index (χ0v) is 33.5. The molecule has 12 heteroatoms. The molecule has 2 N–H and O–H groups in total. The summed E-state index contributed by atoms with van der Waals surface area (Å²) in [7, 11) is 0. The summed E-state index contributed by atoms with van der Waals surface area (Å²) in [4.78, 5) is 56.9. The molecule has 0 spiro atoms. The molecule has 3 aliphatic heterocycles. The van der Waals surface area contributed by atoms with Gasteiger partial charge in [-0.3, -0.25) is 29.4 Å². The van der Waals surface area contributed by atoms with Crippen LogP contribution in [0.5, 0.6) is 5.75 Å². The number of fused-ring (bicyclic) bond motifs is 1. The molecule has 0 bridgehead atoms. The number of piperidine rings is 1. The van der Waals surface area contributed by atoms with Crippen LogP contribution in [0.15, 0.2) is 60.7 Å². The molecule has 56 heavy (non-hydrogen) atoms. The van der Waals surface area contributed by atoms with E-state index in [2.05, 4.69) is 72.4 Å². The Morgan fingerprint density at radius 2 is 1.68 bits per heavy atom. The first-order valence-electron chi connectivity index (χ1n) is 19.8. The van der Waals surface area contributed by atoms with E-state index in [-0.39, 0.29) is 53.0 Å². The van der Waals surface area contributed by atoms with Crippen LogP contribution >= 0.6 is 11.6 Å². The summed E-state index contributed by atoms with van der Waals surface area (Å²) in [5, 5.41) is 15.2. The van der Waals surface area contributed by atoms with E-state index >= 15 is 0 Å². The molecule has 1 atom stereocenters. The first-order valence-corrected chi connectivity index (χ1v) is 20.1. The van der Waals surface area contributed by atoms with Crippen molar-refractivity contribution in [1.82, 2.24) is 20.4 Å². The summed E-state index contributed by atoms with van der Waals surface area (Å²) in [5.74, 6) is -0.291. The maximum absolute atomic E-state index is 13.4. The van der Waals surface area contributed by atoms with Gasteiger partial charge in [0.25, 0.3) is 11.8 Å². The van der Waals surface area contributed by atoms with Crippen LogP contribution in [-0.4, -0.2) is 84.3 Å². The number of hydrogen-bond donors (Lipinski definition) is 2. The van der Waals surface area contributed by atoms with Crippen LogP contribution in [0.25, 0.3) is 0 Å². The van der Waals surface area contributed by atoms with Crippen LogP contribution in [0.2, 0.25) is 5.02 Å². The summed E-state index contributed by atoms with van der Waals surface area (Å²) in [6.45, 7) is 13.7. The Morgan fingerprint density at radius 1 is 0.946 bits per heavy atom. The Morgan fingerprint density at radius 3 is 2.36 bits per heavy atom. The minimum absolute atomic E-state index is 0.0923. The lowest BCUT2D eigenvalue weighted by molar-refractivity contribution is -0.164. The zero-order chi connectivity index (χ0) is 39.8. The Kier molecular flexibility index (Phi) is 11.2. The first kappa shape index (κ1) is 39.3. The van der Waals surface area contributed by atoms with Gasteiger partial charge in [-0.1, -0.05) is 57.8 Å². The van der Waals surface area contributed by atoms with Crippen molar-refractivity contribution in [2.24, 2.45) is 10.8 Å². The summed E-state index contributed by atoms with van der Waals surface area (Å²) in [5.41, 5.74) is 4.30. The van der Waals surface area contributed by atoms with Crippen molar-refractivity contribution in [2.75, 3.05) is 37.6 Å². The number of imide groups is 1. The molecule has 2 saturated heterocycles. The number of carbonyl (C=O) groups excluding carboxylic acids is 4. The van der Waals surface area contributed by atoms with Crippen LogP contribution in [-0.2, 0) is 22.6 Å². The quantitative estimate of drug-likeness (QED) is 0.166. The Bertz CT molecular complexity index is 2030. The molecule has 4 amide bonds. The topological polar surface area (TPSA) is 135 Å². The number of amides is 4. The highest BCUT2D eigenvalue weighted by molar-refractivity contribution is 6.31. The van der Waals surface area contributed by atoms with E-state index in [0.717, 1.165) is 69.7 Å². The van der Waals surface area contributed by atoms with Crippen molar-refractivity contribution in [2.45, 2.75) is 91.0 Å². The SMILES string of the molecule is CC1(C)C(NC(=O)c2ccc(CCCCCN3CCN(c4ccc5c(c4)CN([C@@H]4CCC(=O)NC4=O)C5=O)CC3)cc2)C(C)(C)C1Oc1ccc(C#N)c(Cl)c1. The van der Waals surface area contributed by atoms with Crippen LogP contribution in [0, 0.1) is 22.2 Å². The molecular formula is C44H51ClN6O5. The van der Waals surface area contributed by atoms with Gasteiger partial charge in [-0.15, -0.1) is 0 Å².